The minimum Gasteiger partial charge on any atom is -0.474 e. The van der Waals surface area contributed by atoms with E-state index in [0.717, 1.165) is 0 Å². The third-order valence-corrected chi connectivity index (χ3v) is 6.64. The average Bonchev–Trinajstić information content (AvgIpc) is 3.19. The van der Waals surface area contributed by atoms with Crippen LogP contribution in [0.25, 0.3) is 16.9 Å². The molecule has 1 aromatic carbocycles. The summed E-state index contributed by atoms with van der Waals surface area (Å²) in [7, 11) is 0. The lowest BCUT2D eigenvalue weighted by Gasteiger charge is -2.42. The molecule has 0 radical (unpaired) electrons. The zero-order valence-corrected chi connectivity index (χ0v) is 20.9. The van der Waals surface area contributed by atoms with Gasteiger partial charge in [0.1, 0.15) is 11.9 Å². The van der Waals surface area contributed by atoms with E-state index in [1.807, 2.05) is 20.8 Å². The number of hydrogen-bond acceptors (Lipinski definition) is 6. The van der Waals surface area contributed by atoms with E-state index in [1.165, 1.54) is 21.2 Å². The molecule has 1 aliphatic rings. The molecule has 1 N–H and O–H groups in total. The fraction of sp³-hybridized carbons (Fsp3) is 0.500. The van der Waals surface area contributed by atoms with Crippen molar-refractivity contribution >= 4 is 28.9 Å². The first-order chi connectivity index (χ1) is 16.6. The van der Waals surface area contributed by atoms with Crippen LogP contribution < -0.4 is 4.74 Å². The van der Waals surface area contributed by atoms with Gasteiger partial charge in [-0.25, -0.2) is 23.5 Å². The number of benzene rings is 1. The van der Waals surface area contributed by atoms with Gasteiger partial charge in [0.2, 0.25) is 5.88 Å². The summed E-state index contributed by atoms with van der Waals surface area (Å²) in [5.41, 5.74) is 0.486. The van der Waals surface area contributed by atoms with E-state index in [4.69, 9.17) is 4.74 Å². The number of ether oxygens (including phenoxy) is 1. The highest BCUT2D eigenvalue weighted by atomic mass is 32.2. The number of para-hydroxylation sites is 2. The molecule has 1 fully saturated rings. The van der Waals surface area contributed by atoms with Crippen LogP contribution in [0.4, 0.5) is 13.6 Å². The second-order valence-electron chi connectivity index (χ2n) is 9.52. The molecule has 0 bridgehead atoms. The summed E-state index contributed by atoms with van der Waals surface area (Å²) in [6.07, 6.45) is 0.606. The molecular weight excluding hydrogens is 476 g/mol. The molecule has 0 unspecified atom stereocenters. The summed E-state index contributed by atoms with van der Waals surface area (Å²) in [4.78, 5) is 26.3. The van der Waals surface area contributed by atoms with Gasteiger partial charge in [0.05, 0.1) is 11.0 Å². The number of carboxylic acid groups (broad SMARTS) is 1. The molecule has 11 heteroatoms. The van der Waals surface area contributed by atoms with Gasteiger partial charge < -0.3 is 14.7 Å². The minimum atomic E-state index is -2.78. The van der Waals surface area contributed by atoms with Crippen LogP contribution in [0.5, 0.6) is 5.88 Å². The van der Waals surface area contributed by atoms with Crippen molar-refractivity contribution in [3.8, 4) is 11.7 Å². The Morgan fingerprint density at radius 2 is 1.86 bits per heavy atom. The van der Waals surface area contributed by atoms with Crippen LogP contribution in [-0.2, 0) is 0 Å². The molecule has 8 nitrogen and oxygen atoms in total. The van der Waals surface area contributed by atoms with E-state index in [2.05, 4.69) is 15.0 Å². The topological polar surface area (TPSA) is 93.4 Å². The molecule has 2 aromatic heterocycles. The predicted octanol–water partition coefficient (Wildman–Crippen LogP) is 5.94. The molecule has 0 atom stereocenters. The van der Waals surface area contributed by atoms with Gasteiger partial charge in [-0.3, -0.25) is 4.57 Å². The number of fused-ring (bicyclic) bond motifs is 1. The summed E-state index contributed by atoms with van der Waals surface area (Å²) in [6.45, 7) is 5.68. The van der Waals surface area contributed by atoms with E-state index in [0.29, 0.717) is 47.8 Å². The molecule has 1 amide bonds. The van der Waals surface area contributed by atoms with Crippen LogP contribution in [0, 0.1) is 0 Å². The summed E-state index contributed by atoms with van der Waals surface area (Å²) < 4.78 is 35.2. The molecule has 2 heterocycles. The summed E-state index contributed by atoms with van der Waals surface area (Å²) in [5.74, 6) is 0.174. The maximum absolute atomic E-state index is 13.8. The monoisotopic (exact) mass is 505 g/mol. The van der Waals surface area contributed by atoms with Gasteiger partial charge in [-0.1, -0.05) is 23.9 Å². The maximum Gasteiger partial charge on any atom is 0.407 e. The Bertz CT molecular complexity index is 1210. The number of halogens is 2. The van der Waals surface area contributed by atoms with E-state index >= 15 is 0 Å². The van der Waals surface area contributed by atoms with E-state index in [1.54, 1.807) is 36.6 Å². The van der Waals surface area contributed by atoms with Crippen molar-refractivity contribution in [3.63, 3.8) is 0 Å². The third-order valence-electron chi connectivity index (χ3n) is 6.09. The van der Waals surface area contributed by atoms with Crippen LogP contribution in [0.2, 0.25) is 0 Å². The van der Waals surface area contributed by atoms with E-state index in [9.17, 15) is 18.7 Å². The SMILES string of the molecule is CSc1nc(OC2CCC(N(C(=O)O)C(C)(C)C)CC2)cc(-n2c(C(F)F)nc3ccccc32)n1. The number of rotatable bonds is 6. The summed E-state index contributed by atoms with van der Waals surface area (Å²) in [5, 5.41) is 10.1. The zero-order valence-electron chi connectivity index (χ0n) is 20.1. The van der Waals surface area contributed by atoms with Crippen molar-refractivity contribution < 1.29 is 23.4 Å². The zero-order chi connectivity index (χ0) is 25.3. The number of thioether (sulfide) groups is 1. The molecule has 0 aliphatic heterocycles. The van der Waals surface area contributed by atoms with E-state index < -0.39 is 18.1 Å². The number of aromatic nitrogens is 4. The highest BCUT2D eigenvalue weighted by molar-refractivity contribution is 7.98. The lowest BCUT2D eigenvalue weighted by molar-refractivity contribution is 0.0357. The lowest BCUT2D eigenvalue weighted by atomic mass is 9.89. The molecular formula is C24H29F2N5O3S. The molecule has 0 spiro atoms. The quantitative estimate of drug-likeness (QED) is 0.327. The Kier molecular flexibility index (Phi) is 7.16. The second-order valence-corrected chi connectivity index (χ2v) is 10.3. The van der Waals surface area contributed by atoms with Gasteiger partial charge in [-0.05, 0) is 64.8 Å². The Balaban J connectivity index is 1.59. The maximum atomic E-state index is 13.8. The average molecular weight is 506 g/mol. The Labute approximate surface area is 206 Å². The van der Waals surface area contributed by atoms with Gasteiger partial charge >= 0.3 is 6.09 Å². The Morgan fingerprint density at radius 1 is 1.17 bits per heavy atom. The normalized spacial score (nSPS) is 18.7. The van der Waals surface area contributed by atoms with Crippen molar-refractivity contribution in [2.45, 2.75) is 75.7 Å². The van der Waals surface area contributed by atoms with Crippen LogP contribution in [0.15, 0.2) is 35.5 Å². The first-order valence-corrected chi connectivity index (χ1v) is 12.7. The first-order valence-electron chi connectivity index (χ1n) is 11.5. The van der Waals surface area contributed by atoms with Crippen molar-refractivity contribution in [3.05, 3.63) is 36.2 Å². The molecule has 1 saturated carbocycles. The van der Waals surface area contributed by atoms with Crippen molar-refractivity contribution in [1.82, 2.24) is 24.4 Å². The molecule has 0 saturated heterocycles. The van der Waals surface area contributed by atoms with E-state index in [-0.39, 0.29) is 23.8 Å². The highest BCUT2D eigenvalue weighted by Crippen LogP contribution is 2.32. The number of hydrogen-bond donors (Lipinski definition) is 1. The van der Waals surface area contributed by atoms with Gasteiger partial charge in [0.25, 0.3) is 6.43 Å². The van der Waals surface area contributed by atoms with Gasteiger partial charge in [-0.15, -0.1) is 0 Å². The van der Waals surface area contributed by atoms with Crippen molar-refractivity contribution in [2.75, 3.05) is 6.26 Å². The van der Waals surface area contributed by atoms with Crippen LogP contribution in [0.3, 0.4) is 0 Å². The molecule has 3 aromatic rings. The van der Waals surface area contributed by atoms with Crippen molar-refractivity contribution in [2.24, 2.45) is 0 Å². The molecule has 188 valence electrons. The number of carbonyl (C=O) groups is 1. The summed E-state index contributed by atoms with van der Waals surface area (Å²) in [6, 6.07) is 8.40. The fourth-order valence-electron chi connectivity index (χ4n) is 4.67. The lowest BCUT2D eigenvalue weighted by Crippen LogP contribution is -2.52. The van der Waals surface area contributed by atoms with Crippen LogP contribution >= 0.6 is 11.8 Å². The number of alkyl halides is 2. The smallest absolute Gasteiger partial charge is 0.407 e. The van der Waals surface area contributed by atoms with Crippen LogP contribution in [-0.4, -0.2) is 59.6 Å². The Hall–Kier alpha value is -2.95. The van der Waals surface area contributed by atoms with Gasteiger partial charge in [0, 0.05) is 17.6 Å². The molecule has 35 heavy (non-hydrogen) atoms. The standard InChI is InChI=1S/C24H29F2N5O3S/c1-24(2,3)31(23(32)33)14-9-11-15(12-10-14)34-19-13-18(28-22(29-19)35-4)30-17-8-6-5-7-16(17)27-21(30)20(25)26/h5-8,13-15,20H,9-12H2,1-4H3,(H,32,33). The fourth-order valence-corrected chi connectivity index (χ4v) is 5.04. The Morgan fingerprint density at radius 3 is 2.46 bits per heavy atom. The van der Waals surface area contributed by atoms with Gasteiger partial charge in [-0.2, -0.15) is 4.98 Å². The molecule has 4 rings (SSSR count). The number of nitrogens with zero attached hydrogens (tertiary/aromatic N) is 5. The largest absolute Gasteiger partial charge is 0.474 e. The molecule has 1 aliphatic carbocycles. The van der Waals surface area contributed by atoms with Crippen LogP contribution in [0.1, 0.15) is 58.7 Å². The number of amides is 1. The third kappa shape index (κ3) is 5.34. The van der Waals surface area contributed by atoms with Gasteiger partial charge in [0.15, 0.2) is 11.0 Å². The first kappa shape index (κ1) is 25.2. The minimum absolute atomic E-state index is 0.0824. The van der Waals surface area contributed by atoms with Crippen molar-refractivity contribution in [1.29, 1.82) is 0 Å². The summed E-state index contributed by atoms with van der Waals surface area (Å²) >= 11 is 1.29. The number of imidazole rings is 1. The second kappa shape index (κ2) is 9.96. The highest BCUT2D eigenvalue weighted by Gasteiger charge is 2.36. The predicted molar refractivity (Wildman–Crippen MR) is 130 cm³/mol.